The van der Waals surface area contributed by atoms with Crippen molar-refractivity contribution in [2.45, 2.75) is 25.3 Å². The van der Waals surface area contributed by atoms with Crippen LogP contribution in [0.5, 0.6) is 5.75 Å². The van der Waals surface area contributed by atoms with Crippen molar-refractivity contribution < 1.29 is 37.3 Å². The lowest BCUT2D eigenvalue weighted by Crippen LogP contribution is -2.52. The van der Waals surface area contributed by atoms with E-state index in [-0.39, 0.29) is 18.8 Å². The van der Waals surface area contributed by atoms with E-state index in [4.69, 9.17) is 14.6 Å². The fraction of sp³-hybridized carbons (Fsp3) is 0.467. The van der Waals surface area contributed by atoms with Crippen LogP contribution in [0, 0.1) is 0 Å². The zero-order valence-corrected chi connectivity index (χ0v) is 12.7. The molecular weight excluding hydrogens is 331 g/mol. The molecule has 1 N–H and O–H groups in total. The maximum Gasteiger partial charge on any atom is 0.416 e. The molecule has 2 atom stereocenters. The Morgan fingerprint density at radius 2 is 1.92 bits per heavy atom. The van der Waals surface area contributed by atoms with E-state index in [1.807, 2.05) is 0 Å². The van der Waals surface area contributed by atoms with Crippen LogP contribution in [0.2, 0.25) is 0 Å². The Kier molecular flexibility index (Phi) is 5.33. The average Bonchev–Trinajstić information content (AvgIpc) is 2.51. The first-order valence-corrected chi connectivity index (χ1v) is 7.13. The maximum absolute atomic E-state index is 12.5. The van der Waals surface area contributed by atoms with Crippen LogP contribution in [0.15, 0.2) is 24.3 Å². The van der Waals surface area contributed by atoms with Gasteiger partial charge in [-0.05, 0) is 31.2 Å². The molecule has 24 heavy (non-hydrogen) atoms. The molecule has 1 saturated heterocycles. The van der Waals surface area contributed by atoms with Gasteiger partial charge in [0.2, 0.25) is 0 Å². The van der Waals surface area contributed by atoms with Gasteiger partial charge in [0.05, 0.1) is 18.2 Å². The summed E-state index contributed by atoms with van der Waals surface area (Å²) in [7, 11) is 0. The molecule has 0 spiro atoms. The number of benzene rings is 1. The zero-order valence-electron chi connectivity index (χ0n) is 12.7. The van der Waals surface area contributed by atoms with Crippen molar-refractivity contribution in [1.29, 1.82) is 0 Å². The van der Waals surface area contributed by atoms with E-state index in [0.717, 1.165) is 24.3 Å². The Morgan fingerprint density at radius 3 is 2.46 bits per heavy atom. The molecule has 1 aromatic rings. The molecule has 1 aliphatic heterocycles. The van der Waals surface area contributed by atoms with Gasteiger partial charge in [-0.25, -0.2) is 4.79 Å². The van der Waals surface area contributed by atoms with Gasteiger partial charge < -0.3 is 19.5 Å². The van der Waals surface area contributed by atoms with Gasteiger partial charge in [0.25, 0.3) is 5.91 Å². The third-order valence-corrected chi connectivity index (χ3v) is 3.43. The molecule has 132 valence electrons. The summed E-state index contributed by atoms with van der Waals surface area (Å²) in [6, 6.07) is 3.96. The molecule has 0 saturated carbocycles. The second-order valence-electron chi connectivity index (χ2n) is 5.38. The topological polar surface area (TPSA) is 76.1 Å². The van der Waals surface area contributed by atoms with E-state index >= 15 is 0 Å². The summed E-state index contributed by atoms with van der Waals surface area (Å²) in [5, 5.41) is 8.97. The number of rotatable bonds is 4. The number of carbonyl (C=O) groups excluding carboxylic acids is 1. The molecule has 1 heterocycles. The number of aliphatic carboxylic acids is 1. The molecule has 2 rings (SSSR count). The SMILES string of the molecule is C[C@@H]1CN(C(=O)COc2ccc(C(F)(F)F)cc2)CC(C(=O)O)O1. The lowest BCUT2D eigenvalue weighted by Gasteiger charge is -2.34. The van der Waals surface area contributed by atoms with Gasteiger partial charge in [-0.3, -0.25) is 4.79 Å². The number of alkyl halides is 3. The number of carbonyl (C=O) groups is 2. The summed E-state index contributed by atoms with van der Waals surface area (Å²) in [6.07, 6.45) is -5.98. The van der Waals surface area contributed by atoms with Crippen LogP contribution in [0.4, 0.5) is 13.2 Å². The Hall–Kier alpha value is -2.29. The fourth-order valence-corrected chi connectivity index (χ4v) is 2.27. The summed E-state index contributed by atoms with van der Waals surface area (Å²) >= 11 is 0. The van der Waals surface area contributed by atoms with Crippen LogP contribution in [0.1, 0.15) is 12.5 Å². The van der Waals surface area contributed by atoms with Crippen LogP contribution in [0.25, 0.3) is 0 Å². The molecule has 1 unspecified atom stereocenters. The largest absolute Gasteiger partial charge is 0.484 e. The van der Waals surface area contributed by atoms with Crippen LogP contribution >= 0.6 is 0 Å². The normalized spacial score (nSPS) is 21.4. The molecule has 1 fully saturated rings. The van der Waals surface area contributed by atoms with Crippen LogP contribution in [-0.4, -0.2) is 53.8 Å². The van der Waals surface area contributed by atoms with Crippen molar-refractivity contribution in [1.82, 2.24) is 4.90 Å². The summed E-state index contributed by atoms with van der Waals surface area (Å²) < 4.78 is 47.7. The van der Waals surface area contributed by atoms with Gasteiger partial charge in [-0.2, -0.15) is 13.2 Å². The lowest BCUT2D eigenvalue weighted by atomic mass is 10.2. The van der Waals surface area contributed by atoms with E-state index < -0.39 is 42.4 Å². The van der Waals surface area contributed by atoms with Crippen molar-refractivity contribution in [2.24, 2.45) is 0 Å². The van der Waals surface area contributed by atoms with Crippen molar-refractivity contribution in [3.05, 3.63) is 29.8 Å². The second-order valence-corrected chi connectivity index (χ2v) is 5.38. The molecule has 0 aliphatic carbocycles. The molecule has 0 aromatic heterocycles. The summed E-state index contributed by atoms with van der Waals surface area (Å²) in [5.41, 5.74) is -0.813. The number of ether oxygens (including phenoxy) is 2. The first-order chi connectivity index (χ1) is 11.2. The van der Waals surface area contributed by atoms with Crippen LogP contribution in [0.3, 0.4) is 0 Å². The number of carboxylic acids is 1. The highest BCUT2D eigenvalue weighted by Gasteiger charge is 2.33. The van der Waals surface area contributed by atoms with Gasteiger partial charge in [-0.15, -0.1) is 0 Å². The van der Waals surface area contributed by atoms with Gasteiger partial charge in [-0.1, -0.05) is 0 Å². The highest BCUT2D eigenvalue weighted by molar-refractivity contribution is 5.80. The Morgan fingerprint density at radius 1 is 1.29 bits per heavy atom. The highest BCUT2D eigenvalue weighted by Crippen LogP contribution is 2.30. The van der Waals surface area contributed by atoms with Crippen molar-refractivity contribution in [2.75, 3.05) is 19.7 Å². The van der Waals surface area contributed by atoms with Gasteiger partial charge in [0.15, 0.2) is 12.7 Å². The molecule has 9 heteroatoms. The standard InChI is InChI=1S/C15H16F3NO5/c1-9-6-19(7-12(24-9)14(21)22)13(20)8-23-11-4-2-10(3-5-11)15(16,17)18/h2-5,9,12H,6-8H2,1H3,(H,21,22)/t9-,12?/m1/s1. The van der Waals surface area contributed by atoms with Gasteiger partial charge in [0, 0.05) is 6.54 Å². The number of hydrogen-bond donors (Lipinski definition) is 1. The molecular formula is C15H16F3NO5. The smallest absolute Gasteiger partial charge is 0.416 e. The Bertz CT molecular complexity index is 602. The van der Waals surface area contributed by atoms with Crippen molar-refractivity contribution in [3.63, 3.8) is 0 Å². The third kappa shape index (κ3) is 4.60. The summed E-state index contributed by atoms with van der Waals surface area (Å²) in [5.74, 6) is -1.51. The number of hydrogen-bond acceptors (Lipinski definition) is 4. The number of amides is 1. The minimum absolute atomic E-state index is 0.102. The predicted octanol–water partition coefficient (Wildman–Crippen LogP) is 1.78. The van der Waals surface area contributed by atoms with E-state index in [1.54, 1.807) is 6.92 Å². The number of halogens is 3. The number of morpholine rings is 1. The first kappa shape index (κ1) is 18.1. The predicted molar refractivity (Wildman–Crippen MR) is 75.5 cm³/mol. The molecule has 0 radical (unpaired) electrons. The highest BCUT2D eigenvalue weighted by atomic mass is 19.4. The summed E-state index contributed by atoms with van der Waals surface area (Å²) in [4.78, 5) is 24.4. The van der Waals surface area contributed by atoms with Gasteiger partial charge in [0.1, 0.15) is 5.75 Å². The van der Waals surface area contributed by atoms with E-state index in [2.05, 4.69) is 0 Å². The number of nitrogens with zero attached hydrogens (tertiary/aromatic N) is 1. The third-order valence-electron chi connectivity index (χ3n) is 3.43. The molecule has 6 nitrogen and oxygen atoms in total. The molecule has 1 amide bonds. The van der Waals surface area contributed by atoms with E-state index in [0.29, 0.717) is 0 Å². The average molecular weight is 347 g/mol. The monoisotopic (exact) mass is 347 g/mol. The quantitative estimate of drug-likeness (QED) is 0.899. The fourth-order valence-electron chi connectivity index (χ4n) is 2.27. The molecule has 1 aliphatic rings. The van der Waals surface area contributed by atoms with Crippen LogP contribution in [-0.2, 0) is 20.5 Å². The van der Waals surface area contributed by atoms with E-state index in [1.165, 1.54) is 4.90 Å². The van der Waals surface area contributed by atoms with Crippen LogP contribution < -0.4 is 4.74 Å². The van der Waals surface area contributed by atoms with Gasteiger partial charge >= 0.3 is 12.1 Å². The lowest BCUT2D eigenvalue weighted by molar-refractivity contribution is -0.167. The molecule has 0 bridgehead atoms. The second kappa shape index (κ2) is 7.08. The Balaban J connectivity index is 1.91. The minimum Gasteiger partial charge on any atom is -0.484 e. The van der Waals surface area contributed by atoms with Crippen molar-refractivity contribution >= 4 is 11.9 Å². The number of carboxylic acid groups (broad SMARTS) is 1. The molecule has 1 aromatic carbocycles. The minimum atomic E-state index is -4.44. The van der Waals surface area contributed by atoms with E-state index in [9.17, 15) is 22.8 Å². The van der Waals surface area contributed by atoms with Crippen molar-refractivity contribution in [3.8, 4) is 5.75 Å². The summed E-state index contributed by atoms with van der Waals surface area (Å²) in [6.45, 7) is 1.37. The first-order valence-electron chi connectivity index (χ1n) is 7.13. The Labute approximate surface area is 135 Å². The zero-order chi connectivity index (χ0) is 17.9. The maximum atomic E-state index is 12.5.